The zero-order valence-corrected chi connectivity index (χ0v) is 5.61. The molecule has 0 atom stereocenters. The molecule has 0 saturated heterocycles. The van der Waals surface area contributed by atoms with E-state index in [1.165, 1.54) is 0 Å². The van der Waals surface area contributed by atoms with Crippen LogP contribution in [0.15, 0.2) is 0 Å². The maximum atomic E-state index is 11.5. The fourth-order valence-corrected chi connectivity index (χ4v) is 0.364. The first kappa shape index (κ1) is 12.0. The number of carbonyl (C=O) groups is 1. The first-order valence-corrected chi connectivity index (χ1v) is 2.53. The maximum absolute atomic E-state index is 11.5. The third kappa shape index (κ3) is 2.02. The summed E-state index contributed by atoms with van der Waals surface area (Å²) in [4.78, 5) is 9.33. The lowest BCUT2D eigenvalue weighted by Crippen LogP contribution is -2.58. The number of alkyl halides is 6. The van der Waals surface area contributed by atoms with E-state index in [0.717, 1.165) is 0 Å². The molecule has 0 aromatic heterocycles. The SMILES string of the molecule is O=COC(O)(C(F)(F)F)C(F)(F)F. The molecule has 0 bridgehead atoms. The third-order valence-corrected chi connectivity index (χ3v) is 0.987. The number of hydrogen-bond acceptors (Lipinski definition) is 3. The van der Waals surface area contributed by atoms with Gasteiger partial charge in [-0.25, -0.2) is 0 Å². The molecule has 1 N–H and O–H groups in total. The third-order valence-electron chi connectivity index (χ3n) is 0.987. The van der Waals surface area contributed by atoms with Crippen molar-refractivity contribution < 1.29 is 41.0 Å². The van der Waals surface area contributed by atoms with E-state index in [2.05, 4.69) is 4.74 Å². The molecule has 0 amide bonds. The Morgan fingerprint density at radius 1 is 1.00 bits per heavy atom. The van der Waals surface area contributed by atoms with Gasteiger partial charge in [0, 0.05) is 0 Å². The van der Waals surface area contributed by atoms with Gasteiger partial charge in [-0.1, -0.05) is 0 Å². The summed E-state index contributed by atoms with van der Waals surface area (Å²) in [7, 11) is 0. The molecular weight excluding hydrogens is 210 g/mol. The van der Waals surface area contributed by atoms with Gasteiger partial charge in [-0.05, 0) is 0 Å². The van der Waals surface area contributed by atoms with E-state index in [-0.39, 0.29) is 0 Å². The van der Waals surface area contributed by atoms with Gasteiger partial charge in [0.2, 0.25) is 0 Å². The number of ether oxygens (including phenoxy) is 1. The van der Waals surface area contributed by atoms with Crippen LogP contribution < -0.4 is 0 Å². The molecule has 0 rings (SSSR count). The minimum absolute atomic E-state index is 1.14. The predicted octanol–water partition coefficient (Wildman–Crippen LogP) is 0.973. The highest BCUT2D eigenvalue weighted by Crippen LogP contribution is 2.43. The summed E-state index contributed by atoms with van der Waals surface area (Å²) in [5.41, 5.74) is 0. The Labute approximate surface area is 66.9 Å². The second-order valence-corrected chi connectivity index (χ2v) is 1.85. The van der Waals surface area contributed by atoms with Crippen molar-refractivity contribution in [3.8, 4) is 0 Å². The van der Waals surface area contributed by atoms with Crippen LogP contribution in [0.25, 0.3) is 0 Å². The topological polar surface area (TPSA) is 46.5 Å². The molecule has 0 fully saturated rings. The molecule has 3 nitrogen and oxygen atoms in total. The molecule has 0 aliphatic rings. The zero-order valence-electron chi connectivity index (χ0n) is 5.61. The predicted molar refractivity (Wildman–Crippen MR) is 24.2 cm³/mol. The average Bonchev–Trinajstić information content (AvgIpc) is 1.82. The van der Waals surface area contributed by atoms with Crippen LogP contribution in [0.2, 0.25) is 0 Å². The highest BCUT2D eigenvalue weighted by atomic mass is 19.4. The number of aliphatic hydroxyl groups is 1. The molecule has 78 valence electrons. The van der Waals surface area contributed by atoms with E-state index in [9.17, 15) is 31.1 Å². The van der Waals surface area contributed by atoms with Crippen molar-refractivity contribution in [1.82, 2.24) is 0 Å². The zero-order chi connectivity index (χ0) is 10.9. The second kappa shape index (κ2) is 3.05. The first-order chi connectivity index (χ1) is 5.56. The summed E-state index contributed by atoms with van der Waals surface area (Å²) in [5.74, 6) is -5.44. The summed E-state index contributed by atoms with van der Waals surface area (Å²) in [6.45, 7) is -1.14. The normalized spacial score (nSPS) is 14.1. The van der Waals surface area contributed by atoms with Crippen LogP contribution in [0, 0.1) is 0 Å². The smallest absolute Gasteiger partial charge is 0.418 e. The van der Waals surface area contributed by atoms with Crippen molar-refractivity contribution >= 4 is 6.47 Å². The van der Waals surface area contributed by atoms with Gasteiger partial charge < -0.3 is 9.84 Å². The molecule has 0 radical (unpaired) electrons. The Bertz CT molecular complexity index is 179. The van der Waals surface area contributed by atoms with Crippen LogP contribution in [0.4, 0.5) is 26.3 Å². The minimum Gasteiger partial charge on any atom is -0.418 e. The highest BCUT2D eigenvalue weighted by molar-refractivity contribution is 5.38. The summed E-state index contributed by atoms with van der Waals surface area (Å²) in [6, 6.07) is 0. The van der Waals surface area contributed by atoms with Gasteiger partial charge in [-0.15, -0.1) is 0 Å². The monoisotopic (exact) mass is 212 g/mol. The van der Waals surface area contributed by atoms with Crippen molar-refractivity contribution in [2.24, 2.45) is 0 Å². The number of hydrogen-bond donors (Lipinski definition) is 1. The Kier molecular flexibility index (Phi) is 2.82. The van der Waals surface area contributed by atoms with Crippen LogP contribution in [-0.2, 0) is 9.53 Å². The molecule has 0 aromatic carbocycles. The summed E-state index contributed by atoms with van der Waals surface area (Å²) >= 11 is 0. The lowest BCUT2D eigenvalue weighted by molar-refractivity contribution is -0.442. The van der Waals surface area contributed by atoms with Crippen LogP contribution in [0.3, 0.4) is 0 Å². The van der Waals surface area contributed by atoms with Gasteiger partial charge >= 0.3 is 18.1 Å². The minimum atomic E-state index is -6.13. The van der Waals surface area contributed by atoms with Crippen molar-refractivity contribution in [1.29, 1.82) is 0 Å². The Morgan fingerprint density at radius 2 is 1.31 bits per heavy atom. The number of carbonyl (C=O) groups excluding carboxylic acids is 1. The quantitative estimate of drug-likeness (QED) is 0.421. The fourth-order valence-electron chi connectivity index (χ4n) is 0.364. The van der Waals surface area contributed by atoms with E-state index in [4.69, 9.17) is 5.11 Å². The van der Waals surface area contributed by atoms with Gasteiger partial charge in [0.15, 0.2) is 0 Å². The van der Waals surface area contributed by atoms with Gasteiger partial charge in [0.25, 0.3) is 6.47 Å². The van der Waals surface area contributed by atoms with Gasteiger partial charge in [0.1, 0.15) is 0 Å². The average molecular weight is 212 g/mol. The molecule has 0 aromatic rings. The van der Waals surface area contributed by atoms with Crippen LogP contribution in [-0.4, -0.2) is 29.7 Å². The summed E-state index contributed by atoms with van der Waals surface area (Å²) in [6.07, 6.45) is -12.3. The molecular formula is C4H2F6O3. The molecule has 0 aliphatic carbocycles. The highest BCUT2D eigenvalue weighted by Gasteiger charge is 2.74. The van der Waals surface area contributed by atoms with E-state index in [0.29, 0.717) is 0 Å². The van der Waals surface area contributed by atoms with Crippen molar-refractivity contribution in [2.75, 3.05) is 0 Å². The summed E-state index contributed by atoms with van der Waals surface area (Å²) < 4.78 is 71.8. The van der Waals surface area contributed by atoms with E-state index < -0.39 is 24.6 Å². The molecule has 0 unspecified atom stereocenters. The first-order valence-electron chi connectivity index (χ1n) is 2.53. The van der Waals surface area contributed by atoms with Gasteiger partial charge in [-0.2, -0.15) is 26.3 Å². The lowest BCUT2D eigenvalue weighted by atomic mass is 10.2. The van der Waals surface area contributed by atoms with E-state index in [1.54, 1.807) is 0 Å². The number of rotatable bonds is 2. The Morgan fingerprint density at radius 3 is 1.38 bits per heavy atom. The van der Waals surface area contributed by atoms with Crippen LogP contribution >= 0.6 is 0 Å². The van der Waals surface area contributed by atoms with Crippen molar-refractivity contribution in [3.63, 3.8) is 0 Å². The summed E-state index contributed by atoms with van der Waals surface area (Å²) in [5, 5.41) is 7.98. The van der Waals surface area contributed by atoms with Crippen molar-refractivity contribution in [3.05, 3.63) is 0 Å². The largest absolute Gasteiger partial charge is 0.465 e. The molecule has 9 heteroatoms. The Balaban J connectivity index is 5.07. The molecule has 0 heterocycles. The molecule has 0 spiro atoms. The second-order valence-electron chi connectivity index (χ2n) is 1.85. The molecule has 0 saturated carbocycles. The van der Waals surface area contributed by atoms with E-state index in [1.807, 2.05) is 0 Å². The van der Waals surface area contributed by atoms with Gasteiger partial charge in [0.05, 0.1) is 0 Å². The Hall–Kier alpha value is -0.990. The lowest BCUT2D eigenvalue weighted by Gasteiger charge is -2.29. The maximum Gasteiger partial charge on any atom is 0.465 e. The number of halogens is 6. The van der Waals surface area contributed by atoms with Crippen molar-refractivity contribution in [2.45, 2.75) is 18.1 Å². The van der Waals surface area contributed by atoms with E-state index >= 15 is 0 Å². The molecule has 0 aliphatic heterocycles. The van der Waals surface area contributed by atoms with Crippen LogP contribution in [0.5, 0.6) is 0 Å². The van der Waals surface area contributed by atoms with Gasteiger partial charge in [-0.3, -0.25) is 4.79 Å². The fraction of sp³-hybridized carbons (Fsp3) is 0.750. The standard InChI is InChI=1S/C4H2F6O3/c5-3(6,7)2(12,13-1-11)4(8,9)10/h1,12H. The molecule has 13 heavy (non-hydrogen) atoms. The van der Waals surface area contributed by atoms with Crippen LogP contribution in [0.1, 0.15) is 0 Å².